The normalized spacial score (nSPS) is 13.3. The van der Waals surface area contributed by atoms with Crippen LogP contribution in [0.15, 0.2) is 81.2 Å². The van der Waals surface area contributed by atoms with Gasteiger partial charge in [0.2, 0.25) is 5.91 Å². The fourth-order valence-corrected chi connectivity index (χ4v) is 3.94. The molecule has 2 aromatic carbocycles. The quantitative estimate of drug-likeness (QED) is 0.483. The molecule has 1 N–H and O–H groups in total. The number of halogens is 1. The van der Waals surface area contributed by atoms with Gasteiger partial charge in [0.15, 0.2) is 0 Å². The molecule has 2 aromatic rings. The molecule has 0 aromatic heterocycles. The number of hydrogen-bond acceptors (Lipinski definition) is 3. The van der Waals surface area contributed by atoms with Gasteiger partial charge < -0.3 is 5.32 Å². The topological polar surface area (TPSA) is 41.5 Å². The third-order valence-corrected chi connectivity index (χ3v) is 6.08. The molecule has 0 spiro atoms. The number of allylic oxidation sites excluding steroid dienone is 3. The summed E-state index contributed by atoms with van der Waals surface area (Å²) in [5, 5.41) is 3.56. The van der Waals surface area contributed by atoms with Gasteiger partial charge in [-0.05, 0) is 38.8 Å². The van der Waals surface area contributed by atoms with E-state index in [1.165, 1.54) is 9.80 Å². The molecule has 0 saturated carbocycles. The summed E-state index contributed by atoms with van der Waals surface area (Å²) in [6.45, 7) is 11.0. The average Bonchev–Trinajstić information content (AvgIpc) is 2.88. The van der Waals surface area contributed by atoms with Crippen molar-refractivity contribution in [3.05, 3.63) is 87.4 Å². The number of nitrogens with one attached hydrogen (secondary N) is 1. The van der Waals surface area contributed by atoms with E-state index in [0.29, 0.717) is 12.3 Å². The highest BCUT2D eigenvalue weighted by atomic mass is 35.5. The van der Waals surface area contributed by atoms with Crippen LogP contribution in [-0.2, 0) is 4.79 Å². The van der Waals surface area contributed by atoms with Gasteiger partial charge in [0.25, 0.3) is 0 Å². The van der Waals surface area contributed by atoms with E-state index in [1.54, 1.807) is 11.8 Å². The predicted octanol–water partition coefficient (Wildman–Crippen LogP) is 7.26. The second kappa shape index (κ2) is 12.5. The van der Waals surface area contributed by atoms with Crippen molar-refractivity contribution in [1.29, 1.82) is 0 Å². The molecule has 0 saturated heterocycles. The lowest BCUT2D eigenvalue weighted by molar-refractivity contribution is -0.120. The third kappa shape index (κ3) is 7.71. The summed E-state index contributed by atoms with van der Waals surface area (Å²) in [5.41, 5.74) is 4.12. The van der Waals surface area contributed by atoms with E-state index in [1.807, 2.05) is 56.3 Å². The molecule has 0 unspecified atom stereocenters. The van der Waals surface area contributed by atoms with E-state index in [0.717, 1.165) is 34.1 Å². The Labute approximate surface area is 195 Å². The van der Waals surface area contributed by atoms with Crippen LogP contribution in [0, 0.1) is 5.92 Å². The van der Waals surface area contributed by atoms with Gasteiger partial charge in [-0.15, -0.1) is 0 Å². The van der Waals surface area contributed by atoms with Crippen molar-refractivity contribution < 1.29 is 4.79 Å². The largest absolute Gasteiger partial charge is 0.356 e. The van der Waals surface area contributed by atoms with Crippen molar-refractivity contribution in [2.75, 3.05) is 6.54 Å². The molecule has 0 radical (unpaired) electrons. The molecule has 0 aliphatic carbocycles. The number of aliphatic imine (C=N–C) groups is 1. The average molecular weight is 455 g/mol. The predicted molar refractivity (Wildman–Crippen MR) is 135 cm³/mol. The molecular weight excluding hydrogens is 424 g/mol. The van der Waals surface area contributed by atoms with Crippen molar-refractivity contribution in [3.63, 3.8) is 0 Å². The Morgan fingerprint density at radius 3 is 2.39 bits per heavy atom. The van der Waals surface area contributed by atoms with Crippen LogP contribution in [0.4, 0.5) is 0 Å². The highest BCUT2D eigenvalue weighted by Gasteiger charge is 2.18. The number of rotatable bonds is 5. The second-order valence-corrected chi connectivity index (χ2v) is 9.31. The van der Waals surface area contributed by atoms with Crippen molar-refractivity contribution in [2.24, 2.45) is 10.9 Å². The van der Waals surface area contributed by atoms with Crippen LogP contribution >= 0.6 is 23.4 Å². The maximum Gasteiger partial charge on any atom is 0.223 e. The molecule has 3 nitrogen and oxygen atoms in total. The van der Waals surface area contributed by atoms with Gasteiger partial charge in [-0.2, -0.15) is 0 Å². The van der Waals surface area contributed by atoms with Crippen LogP contribution in [-0.4, -0.2) is 18.2 Å². The number of carbonyl (C=O) groups is 1. The lowest BCUT2D eigenvalue weighted by Gasteiger charge is -2.10. The third-order valence-electron chi connectivity index (χ3n) is 4.57. The highest BCUT2D eigenvalue weighted by molar-refractivity contribution is 8.03. The van der Waals surface area contributed by atoms with Gasteiger partial charge in [0, 0.05) is 44.6 Å². The van der Waals surface area contributed by atoms with Crippen LogP contribution in [0.5, 0.6) is 0 Å². The minimum Gasteiger partial charge on any atom is -0.356 e. The molecule has 1 amide bonds. The first-order valence-corrected chi connectivity index (χ1v) is 11.7. The van der Waals surface area contributed by atoms with Crippen LogP contribution < -0.4 is 5.32 Å². The van der Waals surface area contributed by atoms with E-state index in [9.17, 15) is 4.79 Å². The first-order chi connectivity index (χ1) is 14.8. The molecule has 5 heteroatoms. The van der Waals surface area contributed by atoms with Gasteiger partial charge in [0.05, 0.1) is 5.71 Å². The van der Waals surface area contributed by atoms with Crippen molar-refractivity contribution in [1.82, 2.24) is 5.32 Å². The van der Waals surface area contributed by atoms with Crippen molar-refractivity contribution in [2.45, 2.75) is 45.9 Å². The fraction of sp³-hybridized carbons (Fsp3) is 0.308. The summed E-state index contributed by atoms with van der Waals surface area (Å²) >= 11 is 8.12. The van der Waals surface area contributed by atoms with E-state index in [2.05, 4.69) is 44.3 Å². The number of hydrogen-bond donors (Lipinski definition) is 1. The van der Waals surface area contributed by atoms with E-state index in [-0.39, 0.29) is 5.91 Å². The summed E-state index contributed by atoms with van der Waals surface area (Å²) in [5.74, 6) is 0.640. The maximum atomic E-state index is 10.9. The number of nitrogens with zero attached hydrogens (tertiary/aromatic N) is 1. The summed E-state index contributed by atoms with van der Waals surface area (Å²) in [7, 11) is 0. The zero-order valence-corrected chi connectivity index (χ0v) is 20.5. The van der Waals surface area contributed by atoms with Gasteiger partial charge in [-0.3, -0.25) is 9.79 Å². The molecule has 1 aliphatic rings. The van der Waals surface area contributed by atoms with Crippen LogP contribution in [0.2, 0.25) is 5.02 Å². The van der Waals surface area contributed by atoms with Gasteiger partial charge in [0.1, 0.15) is 0 Å². The minimum atomic E-state index is 0.108. The molecule has 0 atom stereocenters. The molecule has 0 fully saturated rings. The molecular formula is C26H31ClN2OS. The van der Waals surface area contributed by atoms with E-state index >= 15 is 0 Å². The van der Waals surface area contributed by atoms with Gasteiger partial charge in [-0.1, -0.05) is 85.8 Å². The lowest BCUT2D eigenvalue weighted by atomic mass is 10.0. The molecule has 0 bridgehead atoms. The Bertz CT molecular complexity index is 992. The zero-order chi connectivity index (χ0) is 22.8. The number of benzene rings is 2. The first-order valence-electron chi connectivity index (χ1n) is 10.5. The first kappa shape index (κ1) is 25.0. The Morgan fingerprint density at radius 2 is 1.74 bits per heavy atom. The second-order valence-electron chi connectivity index (χ2n) is 7.65. The smallest absolute Gasteiger partial charge is 0.223 e. The number of thioether (sulfide) groups is 1. The van der Waals surface area contributed by atoms with Crippen LogP contribution in [0.3, 0.4) is 0 Å². The Balaban J connectivity index is 0.000000267. The van der Waals surface area contributed by atoms with Crippen LogP contribution in [0.25, 0.3) is 0 Å². The minimum absolute atomic E-state index is 0.108. The lowest BCUT2D eigenvalue weighted by Crippen LogP contribution is -2.26. The summed E-state index contributed by atoms with van der Waals surface area (Å²) in [6.07, 6.45) is 4.24. The highest BCUT2D eigenvalue weighted by Crippen LogP contribution is 2.36. The number of fused-ring (bicyclic) bond motifs is 1. The Hall–Kier alpha value is -2.30. The van der Waals surface area contributed by atoms with E-state index < -0.39 is 0 Å². The van der Waals surface area contributed by atoms with Crippen molar-refractivity contribution in [3.8, 4) is 0 Å². The molecule has 164 valence electrons. The number of carbonyl (C=O) groups excluding carboxylic acids is 1. The molecule has 31 heavy (non-hydrogen) atoms. The molecule has 1 heterocycles. The van der Waals surface area contributed by atoms with E-state index in [4.69, 9.17) is 16.6 Å². The molecule has 3 rings (SSSR count). The van der Waals surface area contributed by atoms with Gasteiger partial charge in [-0.25, -0.2) is 0 Å². The SMILES string of the molecule is C/C=C\CC(=O)NCC(C)C.CC1=C(C)Sc2ccccc2C(c2ccccc2Cl)=N1. The monoisotopic (exact) mass is 454 g/mol. The maximum absolute atomic E-state index is 10.9. The summed E-state index contributed by atoms with van der Waals surface area (Å²) in [6, 6.07) is 16.2. The van der Waals surface area contributed by atoms with Crippen LogP contribution in [0.1, 0.15) is 52.2 Å². The standard InChI is InChI=1S/C17H14ClNS.C9H17NO/c1-11-12(2)20-16-10-6-4-8-14(16)17(19-11)13-7-3-5-9-15(13)18;1-4-5-6-9(11)10-7-8(2)3/h3-10H,1-2H3;4-5,8H,6-7H2,1-3H3,(H,10,11)/b;5-4-. The fourth-order valence-electron chi connectivity index (χ4n) is 2.77. The Morgan fingerprint density at radius 1 is 1.10 bits per heavy atom. The zero-order valence-electron chi connectivity index (χ0n) is 18.9. The Kier molecular flexibility index (Phi) is 10.1. The summed E-state index contributed by atoms with van der Waals surface area (Å²) < 4.78 is 0. The van der Waals surface area contributed by atoms with Gasteiger partial charge >= 0.3 is 0 Å². The number of amides is 1. The summed E-state index contributed by atoms with van der Waals surface area (Å²) in [4.78, 5) is 18.2. The van der Waals surface area contributed by atoms with Crippen molar-refractivity contribution >= 4 is 35.0 Å². The molecule has 1 aliphatic heterocycles.